The molecule has 1 N–H and O–H groups in total. The van der Waals surface area contributed by atoms with E-state index in [1.807, 2.05) is 18.2 Å². The maximum absolute atomic E-state index is 12.4. The molecule has 2 fully saturated rings. The van der Waals surface area contributed by atoms with Gasteiger partial charge in [0.1, 0.15) is 12.4 Å². The normalized spacial score (nSPS) is 28.0. The number of nitrogens with one attached hydrogen (secondary N) is 1. The number of carbonyl (C=O) groups excluding carboxylic acids is 1. The number of carbonyl (C=O) groups is 1. The number of terminal acetylenes is 1. The average molecular weight is 389 g/mol. The summed E-state index contributed by atoms with van der Waals surface area (Å²) < 4.78 is 6.40. The van der Waals surface area contributed by atoms with Crippen LogP contribution >= 0.6 is 15.9 Å². The quantitative estimate of drug-likeness (QED) is 0.474. The van der Waals surface area contributed by atoms with Gasteiger partial charge in [0.2, 0.25) is 5.91 Å². The summed E-state index contributed by atoms with van der Waals surface area (Å²) in [5.74, 6) is 3.75. The van der Waals surface area contributed by atoms with E-state index < -0.39 is 0 Å². The molecule has 0 heterocycles. The Hall–Kier alpha value is -1.80. The minimum Gasteiger partial charge on any atom is -0.480 e. The van der Waals surface area contributed by atoms with Crippen LogP contribution in [0.3, 0.4) is 0 Å². The lowest BCUT2D eigenvalue weighted by molar-refractivity contribution is -0.123. The molecular weight excluding hydrogens is 368 g/mol. The van der Waals surface area contributed by atoms with Crippen LogP contribution in [-0.4, -0.2) is 18.7 Å². The number of hydrazone groups is 1. The number of hydrogen-bond acceptors (Lipinski definition) is 3. The number of hydrogen-bond donors (Lipinski definition) is 1. The van der Waals surface area contributed by atoms with Crippen LogP contribution in [0.4, 0.5) is 0 Å². The number of fused-ring (bicyclic) bond motifs is 1. The van der Waals surface area contributed by atoms with E-state index in [0.717, 1.165) is 22.9 Å². The van der Waals surface area contributed by atoms with E-state index in [1.165, 1.54) is 12.8 Å². The lowest BCUT2D eigenvalue weighted by Gasteiger charge is -2.15. The molecule has 0 bridgehead atoms. The molecule has 0 saturated heterocycles. The summed E-state index contributed by atoms with van der Waals surface area (Å²) in [5, 5.41) is 4.12. The molecule has 0 unspecified atom stereocenters. The number of amides is 1. The zero-order chi connectivity index (χ0) is 17.2. The molecule has 0 aromatic heterocycles. The number of nitrogens with zero attached hydrogens (tertiary/aromatic N) is 1. The van der Waals surface area contributed by atoms with E-state index in [1.54, 1.807) is 6.21 Å². The zero-order valence-electron chi connectivity index (χ0n) is 13.7. The van der Waals surface area contributed by atoms with Crippen LogP contribution in [0, 0.1) is 29.6 Å². The first kappa shape index (κ1) is 17.0. The van der Waals surface area contributed by atoms with Gasteiger partial charge >= 0.3 is 0 Å². The van der Waals surface area contributed by atoms with E-state index in [4.69, 9.17) is 11.2 Å². The Morgan fingerprint density at radius 2 is 2.42 bits per heavy atom. The second-order valence-electron chi connectivity index (χ2n) is 6.74. The maximum atomic E-state index is 12.4. The molecule has 2 aliphatic carbocycles. The highest BCUT2D eigenvalue weighted by Gasteiger charge is 2.64. The fourth-order valence-electron chi connectivity index (χ4n) is 3.96. The molecule has 4 nitrogen and oxygen atoms in total. The molecule has 2 aliphatic rings. The van der Waals surface area contributed by atoms with Crippen LogP contribution in [-0.2, 0) is 4.79 Å². The van der Waals surface area contributed by atoms with Gasteiger partial charge in [-0.1, -0.05) is 41.6 Å². The van der Waals surface area contributed by atoms with Gasteiger partial charge in [-0.25, -0.2) is 5.43 Å². The standard InChI is InChI=1S/C19H21BrN2O2/c1-3-10-24-16-8-7-14(20)11-13(16)12-21-22-18(23)17-15-6-4-5-9-19(15,17)2/h1,7-8,11-12,15,17H,4-6,9-10H2,2H3,(H,22,23)/b21-12-/t15-,17+,19+/m1/s1. The Morgan fingerprint density at radius 1 is 1.58 bits per heavy atom. The molecule has 1 aromatic rings. The highest BCUT2D eigenvalue weighted by atomic mass is 79.9. The summed E-state index contributed by atoms with van der Waals surface area (Å²) in [4.78, 5) is 12.4. The summed E-state index contributed by atoms with van der Waals surface area (Å²) in [6.07, 6.45) is 11.6. The third-order valence-electron chi connectivity index (χ3n) is 5.28. The number of ether oxygens (including phenoxy) is 1. The van der Waals surface area contributed by atoms with E-state index in [2.05, 4.69) is 39.3 Å². The molecule has 0 radical (unpaired) electrons. The van der Waals surface area contributed by atoms with Crippen molar-refractivity contribution in [3.8, 4) is 18.1 Å². The van der Waals surface area contributed by atoms with Gasteiger partial charge in [0.15, 0.2) is 0 Å². The van der Waals surface area contributed by atoms with Crippen molar-refractivity contribution in [2.45, 2.75) is 32.6 Å². The lowest BCUT2D eigenvalue weighted by atomic mass is 9.90. The van der Waals surface area contributed by atoms with Crippen LogP contribution in [0.1, 0.15) is 38.2 Å². The highest BCUT2D eigenvalue weighted by Crippen LogP contribution is 2.66. The summed E-state index contributed by atoms with van der Waals surface area (Å²) in [6.45, 7) is 2.42. The summed E-state index contributed by atoms with van der Waals surface area (Å²) in [5.41, 5.74) is 3.65. The van der Waals surface area contributed by atoms with Gasteiger partial charge in [-0.2, -0.15) is 5.10 Å². The Balaban J connectivity index is 1.63. The van der Waals surface area contributed by atoms with Crippen LogP contribution in [0.2, 0.25) is 0 Å². The second kappa shape index (κ2) is 6.98. The average Bonchev–Trinajstić information content (AvgIpc) is 3.19. The second-order valence-corrected chi connectivity index (χ2v) is 7.66. The largest absolute Gasteiger partial charge is 0.480 e. The molecule has 126 valence electrons. The van der Waals surface area contributed by atoms with Gasteiger partial charge in [-0.15, -0.1) is 6.42 Å². The van der Waals surface area contributed by atoms with E-state index in [-0.39, 0.29) is 23.8 Å². The number of benzene rings is 1. The molecule has 2 saturated carbocycles. The van der Waals surface area contributed by atoms with Crippen LogP contribution in [0.25, 0.3) is 0 Å². The van der Waals surface area contributed by atoms with Crippen molar-refractivity contribution < 1.29 is 9.53 Å². The molecule has 24 heavy (non-hydrogen) atoms. The number of halogens is 1. The SMILES string of the molecule is C#CCOc1ccc(Br)cc1/C=N\NC(=O)[C@@H]1[C@H]2CCCC[C@@]21C. The first-order valence-corrected chi connectivity index (χ1v) is 9.04. The van der Waals surface area contributed by atoms with Gasteiger partial charge in [-0.05, 0) is 42.4 Å². The Bertz CT molecular complexity index is 710. The summed E-state index contributed by atoms with van der Waals surface area (Å²) in [6, 6.07) is 5.57. The van der Waals surface area contributed by atoms with Crippen molar-refractivity contribution >= 4 is 28.1 Å². The minimum atomic E-state index is 0.0294. The molecule has 5 heteroatoms. The Kier molecular flexibility index (Phi) is 4.96. The summed E-state index contributed by atoms with van der Waals surface area (Å²) in [7, 11) is 0. The molecule has 0 spiro atoms. The molecule has 0 aliphatic heterocycles. The lowest BCUT2D eigenvalue weighted by Crippen LogP contribution is -2.22. The van der Waals surface area contributed by atoms with Gasteiger partial charge < -0.3 is 4.74 Å². The van der Waals surface area contributed by atoms with Crippen molar-refractivity contribution in [2.75, 3.05) is 6.61 Å². The predicted octanol–water partition coefficient (Wildman–Crippen LogP) is 3.74. The molecular formula is C19H21BrN2O2. The van der Waals surface area contributed by atoms with Crippen molar-refractivity contribution in [3.05, 3.63) is 28.2 Å². The monoisotopic (exact) mass is 388 g/mol. The highest BCUT2D eigenvalue weighted by molar-refractivity contribution is 9.10. The Labute approximate surface area is 151 Å². The van der Waals surface area contributed by atoms with Gasteiger partial charge in [0.25, 0.3) is 0 Å². The van der Waals surface area contributed by atoms with Crippen molar-refractivity contribution in [2.24, 2.45) is 22.4 Å². The molecule has 3 atom stereocenters. The van der Waals surface area contributed by atoms with Crippen LogP contribution in [0.15, 0.2) is 27.8 Å². The molecule has 1 aromatic carbocycles. The van der Waals surface area contributed by atoms with Gasteiger partial charge in [0.05, 0.1) is 6.21 Å². The minimum absolute atomic E-state index is 0.0294. The van der Waals surface area contributed by atoms with E-state index >= 15 is 0 Å². The third kappa shape index (κ3) is 3.34. The van der Waals surface area contributed by atoms with E-state index in [9.17, 15) is 4.79 Å². The van der Waals surface area contributed by atoms with Gasteiger partial charge in [0, 0.05) is 16.0 Å². The van der Waals surface area contributed by atoms with Crippen LogP contribution < -0.4 is 10.2 Å². The topological polar surface area (TPSA) is 50.7 Å². The van der Waals surface area contributed by atoms with Crippen molar-refractivity contribution in [1.29, 1.82) is 0 Å². The molecule has 1 amide bonds. The molecule has 3 rings (SSSR count). The smallest absolute Gasteiger partial charge is 0.244 e. The summed E-state index contributed by atoms with van der Waals surface area (Å²) >= 11 is 3.42. The first-order valence-electron chi connectivity index (χ1n) is 8.25. The maximum Gasteiger partial charge on any atom is 0.244 e. The van der Waals surface area contributed by atoms with Gasteiger partial charge in [-0.3, -0.25) is 4.79 Å². The Morgan fingerprint density at radius 3 is 3.12 bits per heavy atom. The third-order valence-corrected chi connectivity index (χ3v) is 5.77. The fraction of sp³-hybridized carbons (Fsp3) is 0.474. The predicted molar refractivity (Wildman–Crippen MR) is 97.8 cm³/mol. The van der Waals surface area contributed by atoms with Crippen molar-refractivity contribution in [1.82, 2.24) is 5.43 Å². The fourth-order valence-corrected chi connectivity index (χ4v) is 4.34. The zero-order valence-corrected chi connectivity index (χ0v) is 15.3. The van der Waals surface area contributed by atoms with Crippen molar-refractivity contribution in [3.63, 3.8) is 0 Å². The first-order chi connectivity index (χ1) is 11.6. The number of rotatable bonds is 5. The van der Waals surface area contributed by atoms with E-state index in [0.29, 0.717) is 11.7 Å². The van der Waals surface area contributed by atoms with Crippen LogP contribution in [0.5, 0.6) is 5.75 Å².